The Bertz CT molecular complexity index is 490. The van der Waals surface area contributed by atoms with Gasteiger partial charge in [-0.05, 0) is 19.8 Å². The number of nitrogens with two attached hydrogens (primary N) is 1. The highest BCUT2D eigenvalue weighted by Crippen LogP contribution is 2.30. The van der Waals surface area contributed by atoms with Crippen LogP contribution in [0.4, 0.5) is 0 Å². The van der Waals surface area contributed by atoms with Crippen molar-refractivity contribution >= 4 is 23.1 Å². The van der Waals surface area contributed by atoms with Crippen molar-refractivity contribution in [2.24, 2.45) is 5.73 Å². The van der Waals surface area contributed by atoms with Crippen molar-refractivity contribution in [2.75, 3.05) is 0 Å². The summed E-state index contributed by atoms with van der Waals surface area (Å²) in [4.78, 5) is 16.6. The Morgan fingerprint density at radius 1 is 1.44 bits per heavy atom. The van der Waals surface area contributed by atoms with Gasteiger partial charge in [0.1, 0.15) is 0 Å². The molecule has 1 amide bonds. The molecular weight excluding hydrogens is 250 g/mol. The fraction of sp³-hybridized carbons (Fsp3) is 0.583. The van der Waals surface area contributed by atoms with Gasteiger partial charge >= 0.3 is 0 Å². The zero-order valence-corrected chi connectivity index (χ0v) is 11.4. The molecule has 1 saturated carbocycles. The van der Waals surface area contributed by atoms with E-state index in [4.69, 9.17) is 22.4 Å². The maximum Gasteiger partial charge on any atom is 0.289 e. The second-order valence-electron chi connectivity index (χ2n) is 4.76. The summed E-state index contributed by atoms with van der Waals surface area (Å²) in [6.45, 7) is 3.45. The molecule has 1 aliphatic rings. The molecule has 98 valence electrons. The van der Waals surface area contributed by atoms with Crippen LogP contribution in [0, 0.1) is 13.8 Å². The number of carbonyl (C=O) groups excluding carboxylic acids is 1. The molecule has 1 aliphatic carbocycles. The molecule has 1 heterocycles. The van der Waals surface area contributed by atoms with E-state index >= 15 is 0 Å². The van der Waals surface area contributed by atoms with Crippen LogP contribution in [0.1, 0.15) is 47.8 Å². The summed E-state index contributed by atoms with van der Waals surface area (Å²) in [5.41, 5.74) is 5.80. The third kappa shape index (κ3) is 2.25. The van der Waals surface area contributed by atoms with Crippen molar-refractivity contribution in [3.05, 3.63) is 17.3 Å². The molecule has 0 bridgehead atoms. The molecule has 1 aromatic heterocycles. The SMILES string of the molecule is Cc1nc(C)c(C(=O)NC2(C(N)=S)CCCC2)o1. The van der Waals surface area contributed by atoms with E-state index in [9.17, 15) is 4.79 Å². The third-order valence-corrected chi connectivity index (χ3v) is 3.78. The Morgan fingerprint density at radius 2 is 2.06 bits per heavy atom. The van der Waals surface area contributed by atoms with Crippen molar-refractivity contribution < 1.29 is 9.21 Å². The minimum atomic E-state index is -0.556. The summed E-state index contributed by atoms with van der Waals surface area (Å²) >= 11 is 5.09. The molecule has 3 N–H and O–H groups in total. The Hall–Kier alpha value is -1.43. The number of rotatable bonds is 3. The predicted octanol–water partition coefficient (Wildman–Crippen LogP) is 1.62. The van der Waals surface area contributed by atoms with Crippen LogP contribution in [-0.4, -0.2) is 21.4 Å². The number of hydrogen-bond acceptors (Lipinski definition) is 4. The highest BCUT2D eigenvalue weighted by molar-refractivity contribution is 7.80. The van der Waals surface area contributed by atoms with Gasteiger partial charge in [0.15, 0.2) is 5.89 Å². The van der Waals surface area contributed by atoms with Gasteiger partial charge in [-0.3, -0.25) is 4.79 Å². The van der Waals surface area contributed by atoms with Gasteiger partial charge in [0.05, 0.1) is 16.2 Å². The van der Waals surface area contributed by atoms with Gasteiger partial charge in [-0.2, -0.15) is 0 Å². The fourth-order valence-corrected chi connectivity index (χ4v) is 2.68. The molecule has 0 aromatic carbocycles. The van der Waals surface area contributed by atoms with Crippen LogP contribution in [0.25, 0.3) is 0 Å². The molecule has 0 radical (unpaired) electrons. The molecule has 0 unspecified atom stereocenters. The highest BCUT2D eigenvalue weighted by atomic mass is 32.1. The lowest BCUT2D eigenvalue weighted by Crippen LogP contribution is -2.54. The first-order valence-corrected chi connectivity index (χ1v) is 6.42. The van der Waals surface area contributed by atoms with Gasteiger partial charge in [0.2, 0.25) is 5.76 Å². The van der Waals surface area contributed by atoms with Gasteiger partial charge in [0.25, 0.3) is 5.91 Å². The van der Waals surface area contributed by atoms with Crippen molar-refractivity contribution in [1.29, 1.82) is 0 Å². The van der Waals surface area contributed by atoms with Crippen LogP contribution in [0.3, 0.4) is 0 Å². The van der Waals surface area contributed by atoms with Crippen LogP contribution in [0.15, 0.2) is 4.42 Å². The molecule has 1 aromatic rings. The Kier molecular flexibility index (Phi) is 3.38. The van der Waals surface area contributed by atoms with E-state index in [1.54, 1.807) is 13.8 Å². The first-order chi connectivity index (χ1) is 8.44. The van der Waals surface area contributed by atoms with Crippen molar-refractivity contribution in [3.63, 3.8) is 0 Å². The molecular formula is C12H17N3O2S. The number of hydrogen-bond donors (Lipinski definition) is 2. The number of oxazole rings is 1. The minimum absolute atomic E-state index is 0.245. The number of amides is 1. The highest BCUT2D eigenvalue weighted by Gasteiger charge is 2.39. The Morgan fingerprint density at radius 3 is 2.50 bits per heavy atom. The second kappa shape index (κ2) is 4.68. The molecule has 1 fully saturated rings. The average Bonchev–Trinajstić information content (AvgIpc) is 2.86. The number of carbonyl (C=O) groups is 1. The summed E-state index contributed by atoms with van der Waals surface area (Å²) < 4.78 is 5.30. The van der Waals surface area contributed by atoms with Gasteiger partial charge in [-0.25, -0.2) is 4.98 Å². The molecule has 0 saturated heterocycles. The third-order valence-electron chi connectivity index (χ3n) is 3.39. The summed E-state index contributed by atoms with van der Waals surface area (Å²) in [6, 6.07) is 0. The van der Waals surface area contributed by atoms with Gasteiger partial charge < -0.3 is 15.5 Å². The number of thiocarbonyl (C=S) groups is 1. The lowest BCUT2D eigenvalue weighted by Gasteiger charge is -2.28. The van der Waals surface area contributed by atoms with E-state index in [0.717, 1.165) is 25.7 Å². The van der Waals surface area contributed by atoms with E-state index in [1.165, 1.54) is 0 Å². The second-order valence-corrected chi connectivity index (χ2v) is 5.19. The van der Waals surface area contributed by atoms with E-state index in [1.807, 2.05) is 0 Å². The maximum absolute atomic E-state index is 12.2. The lowest BCUT2D eigenvalue weighted by atomic mass is 9.97. The summed E-state index contributed by atoms with van der Waals surface area (Å²) in [5, 5.41) is 2.92. The fourth-order valence-electron chi connectivity index (χ4n) is 2.43. The number of nitrogens with one attached hydrogen (secondary N) is 1. The van der Waals surface area contributed by atoms with Crippen LogP contribution in [-0.2, 0) is 0 Å². The number of nitrogens with zero attached hydrogens (tertiary/aromatic N) is 1. The molecule has 6 heteroatoms. The van der Waals surface area contributed by atoms with Crippen molar-refractivity contribution in [3.8, 4) is 0 Å². The standard InChI is InChI=1S/C12H17N3O2S/c1-7-9(17-8(2)14-7)10(16)15-12(11(13)18)5-3-4-6-12/h3-6H2,1-2H3,(H2,13,18)(H,15,16). The number of aryl methyl sites for hydroxylation is 2. The van der Waals surface area contributed by atoms with E-state index in [2.05, 4.69) is 10.3 Å². The quantitative estimate of drug-likeness (QED) is 0.813. The molecule has 0 aliphatic heterocycles. The summed E-state index contributed by atoms with van der Waals surface area (Å²) in [6.07, 6.45) is 3.62. The van der Waals surface area contributed by atoms with Crippen molar-refractivity contribution in [2.45, 2.75) is 45.1 Å². The smallest absolute Gasteiger partial charge is 0.289 e. The summed E-state index contributed by atoms with van der Waals surface area (Å²) in [7, 11) is 0. The zero-order chi connectivity index (χ0) is 13.3. The topological polar surface area (TPSA) is 81.2 Å². The average molecular weight is 267 g/mol. The Labute approximate surface area is 111 Å². The van der Waals surface area contributed by atoms with E-state index < -0.39 is 5.54 Å². The predicted molar refractivity (Wildman–Crippen MR) is 71.4 cm³/mol. The molecule has 5 nitrogen and oxygen atoms in total. The van der Waals surface area contributed by atoms with Gasteiger partial charge in [0, 0.05) is 6.92 Å². The van der Waals surface area contributed by atoms with E-state index in [0.29, 0.717) is 16.6 Å². The molecule has 0 atom stereocenters. The molecule has 0 spiro atoms. The largest absolute Gasteiger partial charge is 0.436 e. The maximum atomic E-state index is 12.2. The van der Waals surface area contributed by atoms with E-state index in [-0.39, 0.29) is 11.7 Å². The van der Waals surface area contributed by atoms with Crippen LogP contribution >= 0.6 is 12.2 Å². The Balaban J connectivity index is 2.20. The monoisotopic (exact) mass is 267 g/mol. The summed E-state index contributed by atoms with van der Waals surface area (Å²) in [5.74, 6) is 0.436. The zero-order valence-electron chi connectivity index (χ0n) is 10.6. The van der Waals surface area contributed by atoms with Crippen LogP contribution in [0.5, 0.6) is 0 Å². The van der Waals surface area contributed by atoms with Gasteiger partial charge in [-0.15, -0.1) is 0 Å². The van der Waals surface area contributed by atoms with Crippen LogP contribution < -0.4 is 11.1 Å². The first kappa shape index (κ1) is 13.0. The van der Waals surface area contributed by atoms with Gasteiger partial charge in [-0.1, -0.05) is 25.1 Å². The minimum Gasteiger partial charge on any atom is -0.436 e. The first-order valence-electron chi connectivity index (χ1n) is 6.01. The normalized spacial score (nSPS) is 17.7. The molecule has 18 heavy (non-hydrogen) atoms. The number of aromatic nitrogens is 1. The lowest BCUT2D eigenvalue weighted by molar-refractivity contribution is 0.0894. The molecule has 2 rings (SSSR count). The van der Waals surface area contributed by atoms with Crippen LogP contribution in [0.2, 0.25) is 0 Å². The van der Waals surface area contributed by atoms with Crippen molar-refractivity contribution in [1.82, 2.24) is 10.3 Å².